The number of fused-ring (bicyclic) bond motifs is 1. The van der Waals surface area contributed by atoms with E-state index < -0.39 is 0 Å². The molecule has 5 heteroatoms. The van der Waals surface area contributed by atoms with Crippen molar-refractivity contribution in [1.29, 1.82) is 0 Å². The number of aromatic amines is 1. The number of H-pyrrole nitrogens is 1. The molecule has 5 nitrogen and oxygen atoms in total. The van der Waals surface area contributed by atoms with Gasteiger partial charge in [0.2, 0.25) is 5.88 Å². The van der Waals surface area contributed by atoms with Crippen molar-refractivity contribution in [1.82, 2.24) is 19.9 Å². The molecule has 0 atom stereocenters. The highest BCUT2D eigenvalue weighted by Crippen LogP contribution is 2.28. The van der Waals surface area contributed by atoms with Crippen LogP contribution in [0, 0.1) is 13.8 Å². The van der Waals surface area contributed by atoms with Crippen LogP contribution in [0.3, 0.4) is 0 Å². The second-order valence-electron chi connectivity index (χ2n) is 5.57. The summed E-state index contributed by atoms with van der Waals surface area (Å²) in [5, 5.41) is 0. The highest BCUT2D eigenvalue weighted by atomic mass is 16.5. The van der Waals surface area contributed by atoms with Crippen molar-refractivity contribution in [2.45, 2.75) is 39.7 Å². The van der Waals surface area contributed by atoms with E-state index in [2.05, 4.69) is 26.8 Å². The number of aromatic nitrogens is 3. The molecule has 0 radical (unpaired) electrons. The van der Waals surface area contributed by atoms with Crippen molar-refractivity contribution in [3.8, 4) is 5.88 Å². The van der Waals surface area contributed by atoms with Gasteiger partial charge in [0.15, 0.2) is 0 Å². The summed E-state index contributed by atoms with van der Waals surface area (Å²) in [6, 6.07) is 0. The van der Waals surface area contributed by atoms with Crippen LogP contribution in [0.1, 0.15) is 36.3 Å². The Hall–Kier alpha value is -1.62. The number of piperidine rings is 1. The van der Waals surface area contributed by atoms with Gasteiger partial charge in [0.05, 0.1) is 7.11 Å². The Morgan fingerprint density at radius 3 is 2.60 bits per heavy atom. The summed E-state index contributed by atoms with van der Waals surface area (Å²) in [4.78, 5) is 14.9. The van der Waals surface area contributed by atoms with Crippen molar-refractivity contribution < 1.29 is 4.74 Å². The first-order chi connectivity index (χ1) is 9.69. The molecule has 3 heterocycles. The molecule has 0 amide bonds. The first-order valence-electron chi connectivity index (χ1n) is 7.31. The zero-order valence-electron chi connectivity index (χ0n) is 12.5. The highest BCUT2D eigenvalue weighted by Gasteiger charge is 2.19. The largest absolute Gasteiger partial charge is 0.479 e. The van der Waals surface area contributed by atoms with Gasteiger partial charge in [-0.1, -0.05) is 6.42 Å². The van der Waals surface area contributed by atoms with E-state index in [0.29, 0.717) is 5.88 Å². The quantitative estimate of drug-likeness (QED) is 0.934. The summed E-state index contributed by atoms with van der Waals surface area (Å²) in [6.07, 6.45) is 3.97. The van der Waals surface area contributed by atoms with Crippen LogP contribution in [0.2, 0.25) is 0 Å². The monoisotopic (exact) mass is 274 g/mol. The fourth-order valence-corrected chi connectivity index (χ4v) is 3.00. The lowest BCUT2D eigenvalue weighted by molar-refractivity contribution is 0.221. The molecular formula is C15H22N4O. The topological polar surface area (TPSA) is 54.0 Å². The Kier molecular flexibility index (Phi) is 3.61. The number of hydrogen-bond acceptors (Lipinski definition) is 4. The number of methoxy groups -OCH3 is 1. The summed E-state index contributed by atoms with van der Waals surface area (Å²) < 4.78 is 5.37. The standard InChI is InChI=1S/C15H22N4O/c1-10-12(9-19-7-5-4-6-8-19)13-14(16-10)15(20-3)18-11(2)17-13/h16H,4-9H2,1-3H3. The Balaban J connectivity index is 2.01. The van der Waals surface area contributed by atoms with Crippen molar-refractivity contribution in [3.05, 3.63) is 17.1 Å². The molecule has 1 aliphatic heterocycles. The van der Waals surface area contributed by atoms with E-state index in [1.807, 2.05) is 6.92 Å². The summed E-state index contributed by atoms with van der Waals surface area (Å²) in [5.74, 6) is 1.40. The van der Waals surface area contributed by atoms with E-state index in [-0.39, 0.29) is 0 Å². The van der Waals surface area contributed by atoms with Crippen molar-refractivity contribution in [2.75, 3.05) is 20.2 Å². The Labute approximate surface area is 119 Å². The minimum absolute atomic E-state index is 0.639. The van der Waals surface area contributed by atoms with Crippen molar-refractivity contribution in [3.63, 3.8) is 0 Å². The van der Waals surface area contributed by atoms with Crippen molar-refractivity contribution >= 4 is 11.0 Å². The van der Waals surface area contributed by atoms with Crippen LogP contribution in [0.25, 0.3) is 11.0 Å². The number of aryl methyl sites for hydroxylation is 2. The third-order valence-corrected chi connectivity index (χ3v) is 4.06. The molecule has 108 valence electrons. The van der Waals surface area contributed by atoms with Gasteiger partial charge in [0.25, 0.3) is 0 Å². The predicted molar refractivity (Wildman–Crippen MR) is 79.0 cm³/mol. The first kappa shape index (κ1) is 13.4. The van der Waals surface area contributed by atoms with E-state index in [9.17, 15) is 0 Å². The Morgan fingerprint density at radius 1 is 1.15 bits per heavy atom. The molecule has 2 aromatic rings. The molecule has 20 heavy (non-hydrogen) atoms. The molecule has 1 aliphatic rings. The van der Waals surface area contributed by atoms with Crippen LogP contribution in [0.4, 0.5) is 0 Å². The second kappa shape index (κ2) is 5.40. The Bertz CT molecular complexity index is 614. The molecule has 1 saturated heterocycles. The van der Waals surface area contributed by atoms with Gasteiger partial charge in [-0.15, -0.1) is 0 Å². The lowest BCUT2D eigenvalue weighted by Crippen LogP contribution is -2.29. The van der Waals surface area contributed by atoms with Crippen LogP contribution in [0.15, 0.2) is 0 Å². The zero-order chi connectivity index (χ0) is 14.1. The molecule has 1 fully saturated rings. The number of hydrogen-bond donors (Lipinski definition) is 1. The van der Waals surface area contributed by atoms with Gasteiger partial charge in [0.1, 0.15) is 16.9 Å². The van der Waals surface area contributed by atoms with Gasteiger partial charge < -0.3 is 9.72 Å². The average molecular weight is 274 g/mol. The molecule has 3 rings (SSSR count). The van der Waals surface area contributed by atoms with Crippen LogP contribution in [-0.4, -0.2) is 40.1 Å². The molecule has 0 aliphatic carbocycles. The SMILES string of the molecule is COc1nc(C)nc2c(CN3CCCCC3)c(C)[nH]c12. The fraction of sp³-hybridized carbons (Fsp3) is 0.600. The lowest BCUT2D eigenvalue weighted by Gasteiger charge is -2.26. The number of ether oxygens (including phenoxy) is 1. The van der Waals surface area contributed by atoms with Crippen LogP contribution < -0.4 is 4.74 Å². The summed E-state index contributed by atoms with van der Waals surface area (Å²) in [7, 11) is 1.65. The number of nitrogens with zero attached hydrogens (tertiary/aromatic N) is 3. The van der Waals surface area contributed by atoms with Gasteiger partial charge in [-0.2, -0.15) is 4.98 Å². The second-order valence-corrected chi connectivity index (χ2v) is 5.57. The molecule has 0 spiro atoms. The summed E-state index contributed by atoms with van der Waals surface area (Å²) in [6.45, 7) is 7.36. The predicted octanol–water partition coefficient (Wildman–Crippen LogP) is 2.57. The van der Waals surface area contributed by atoms with Gasteiger partial charge in [-0.3, -0.25) is 4.90 Å². The average Bonchev–Trinajstić information content (AvgIpc) is 2.76. The lowest BCUT2D eigenvalue weighted by atomic mass is 10.1. The van der Waals surface area contributed by atoms with Crippen LogP contribution in [0.5, 0.6) is 5.88 Å². The zero-order valence-corrected chi connectivity index (χ0v) is 12.5. The van der Waals surface area contributed by atoms with Gasteiger partial charge >= 0.3 is 0 Å². The maximum Gasteiger partial charge on any atom is 0.241 e. The van der Waals surface area contributed by atoms with Gasteiger partial charge in [0, 0.05) is 17.8 Å². The van der Waals surface area contributed by atoms with E-state index >= 15 is 0 Å². The molecule has 0 bridgehead atoms. The third kappa shape index (κ3) is 2.38. The summed E-state index contributed by atoms with van der Waals surface area (Å²) >= 11 is 0. The number of nitrogens with one attached hydrogen (secondary N) is 1. The van der Waals surface area contributed by atoms with E-state index in [1.54, 1.807) is 7.11 Å². The van der Waals surface area contributed by atoms with Gasteiger partial charge in [-0.05, 0) is 39.8 Å². The Morgan fingerprint density at radius 2 is 1.90 bits per heavy atom. The maximum absolute atomic E-state index is 5.37. The van der Waals surface area contributed by atoms with Crippen LogP contribution >= 0.6 is 0 Å². The van der Waals surface area contributed by atoms with E-state index in [4.69, 9.17) is 4.74 Å². The number of likely N-dealkylation sites (tertiary alicyclic amines) is 1. The maximum atomic E-state index is 5.37. The van der Waals surface area contributed by atoms with E-state index in [1.165, 1.54) is 43.6 Å². The molecular weight excluding hydrogens is 252 g/mol. The number of rotatable bonds is 3. The first-order valence-corrected chi connectivity index (χ1v) is 7.31. The molecule has 0 aromatic carbocycles. The van der Waals surface area contributed by atoms with Crippen LogP contribution in [-0.2, 0) is 6.54 Å². The normalized spacial score (nSPS) is 16.8. The molecule has 0 saturated carbocycles. The minimum Gasteiger partial charge on any atom is -0.479 e. The summed E-state index contributed by atoms with van der Waals surface area (Å²) in [5.41, 5.74) is 4.38. The molecule has 0 unspecified atom stereocenters. The van der Waals surface area contributed by atoms with Gasteiger partial charge in [-0.25, -0.2) is 4.98 Å². The third-order valence-electron chi connectivity index (χ3n) is 4.06. The van der Waals surface area contributed by atoms with E-state index in [0.717, 1.165) is 23.4 Å². The fourth-order valence-electron chi connectivity index (χ4n) is 3.00. The smallest absolute Gasteiger partial charge is 0.241 e. The molecule has 2 aromatic heterocycles. The minimum atomic E-state index is 0.639. The highest BCUT2D eigenvalue weighted by molar-refractivity contribution is 5.84. The molecule has 1 N–H and O–H groups in total. The van der Waals surface area contributed by atoms with Crippen molar-refractivity contribution in [2.24, 2.45) is 0 Å².